The van der Waals surface area contributed by atoms with E-state index in [4.69, 9.17) is 4.74 Å². The SMILES string of the molecule is CC(=O)c1cccc(NC(=O)COC(=O)c2cccc(N3C(=O)[C@@H]4CC[C@@H](c5ccccc5)C[C@H]4C3=O)c2)c1. The van der Waals surface area contributed by atoms with Gasteiger partial charge in [0.1, 0.15) is 0 Å². The van der Waals surface area contributed by atoms with Crippen LogP contribution in [0.1, 0.15) is 58.4 Å². The second-order valence-corrected chi connectivity index (χ2v) is 9.96. The molecule has 1 N–H and O–H groups in total. The molecule has 3 atom stereocenters. The van der Waals surface area contributed by atoms with Crippen molar-refractivity contribution in [1.29, 1.82) is 0 Å². The number of ether oxygens (including phenoxy) is 1. The normalized spacial score (nSPS) is 20.3. The molecule has 5 rings (SSSR count). The zero-order chi connectivity index (χ0) is 27.5. The number of carbonyl (C=O) groups is 5. The molecule has 0 unspecified atom stereocenters. The molecule has 3 amide bonds. The van der Waals surface area contributed by atoms with Crippen LogP contribution in [0.5, 0.6) is 0 Å². The van der Waals surface area contributed by atoms with E-state index >= 15 is 0 Å². The minimum atomic E-state index is -0.759. The zero-order valence-electron chi connectivity index (χ0n) is 21.5. The molecule has 3 aromatic rings. The maximum Gasteiger partial charge on any atom is 0.338 e. The van der Waals surface area contributed by atoms with Gasteiger partial charge in [-0.3, -0.25) is 24.1 Å². The van der Waals surface area contributed by atoms with E-state index in [0.717, 1.165) is 6.42 Å². The van der Waals surface area contributed by atoms with Gasteiger partial charge in [0, 0.05) is 11.3 Å². The predicted octanol–water partition coefficient (Wildman–Crippen LogP) is 4.76. The van der Waals surface area contributed by atoms with Crippen LogP contribution in [0.2, 0.25) is 0 Å². The Morgan fingerprint density at radius 2 is 1.56 bits per heavy atom. The number of imide groups is 1. The molecular formula is C31H28N2O6. The number of rotatable bonds is 7. The number of ketones is 1. The summed E-state index contributed by atoms with van der Waals surface area (Å²) >= 11 is 0. The standard InChI is InChI=1S/C31H28N2O6/c1-19(34)21-9-5-11-24(15-21)32-28(35)18-39-31(38)23-10-6-12-25(16-23)33-29(36)26-14-13-22(17-27(26)30(33)37)20-7-3-2-4-8-20/h2-12,15-16,22,26-27H,13-14,17-18H2,1H3,(H,32,35)/t22-,26-,27-/m1/s1. The third-order valence-electron chi connectivity index (χ3n) is 7.42. The molecule has 39 heavy (non-hydrogen) atoms. The van der Waals surface area contributed by atoms with Gasteiger partial charge in [-0.25, -0.2) is 4.79 Å². The van der Waals surface area contributed by atoms with Crippen molar-refractivity contribution in [2.45, 2.75) is 32.1 Å². The molecule has 1 heterocycles. The molecule has 2 fully saturated rings. The molecule has 0 spiro atoms. The minimum absolute atomic E-state index is 0.122. The van der Waals surface area contributed by atoms with E-state index < -0.39 is 24.4 Å². The molecule has 2 aliphatic rings. The van der Waals surface area contributed by atoms with Crippen molar-refractivity contribution in [3.05, 3.63) is 95.6 Å². The quantitative estimate of drug-likeness (QED) is 0.271. The first-order valence-corrected chi connectivity index (χ1v) is 12.9. The summed E-state index contributed by atoms with van der Waals surface area (Å²) in [7, 11) is 0. The molecule has 1 saturated heterocycles. The number of nitrogens with zero attached hydrogens (tertiary/aromatic N) is 1. The van der Waals surface area contributed by atoms with Crippen molar-refractivity contribution in [2.75, 3.05) is 16.8 Å². The highest BCUT2D eigenvalue weighted by Crippen LogP contribution is 2.45. The Kier molecular flexibility index (Phi) is 7.36. The Morgan fingerprint density at radius 3 is 2.33 bits per heavy atom. The lowest BCUT2D eigenvalue weighted by Crippen LogP contribution is -2.31. The fourth-order valence-electron chi connectivity index (χ4n) is 5.46. The first-order valence-electron chi connectivity index (χ1n) is 12.9. The average molecular weight is 525 g/mol. The predicted molar refractivity (Wildman–Crippen MR) is 144 cm³/mol. The highest BCUT2D eigenvalue weighted by atomic mass is 16.5. The van der Waals surface area contributed by atoms with Gasteiger partial charge in [0.25, 0.3) is 5.91 Å². The molecule has 0 aromatic heterocycles. The van der Waals surface area contributed by atoms with Crippen LogP contribution in [0, 0.1) is 11.8 Å². The van der Waals surface area contributed by atoms with Crippen LogP contribution in [-0.4, -0.2) is 36.1 Å². The van der Waals surface area contributed by atoms with E-state index in [1.54, 1.807) is 30.3 Å². The van der Waals surface area contributed by atoms with Crippen LogP contribution < -0.4 is 10.2 Å². The summed E-state index contributed by atoms with van der Waals surface area (Å²) in [4.78, 5) is 64.3. The van der Waals surface area contributed by atoms with Gasteiger partial charge in [-0.2, -0.15) is 0 Å². The summed E-state index contributed by atoms with van der Waals surface area (Å²) in [5, 5.41) is 2.59. The molecule has 0 bridgehead atoms. The number of benzene rings is 3. The number of nitrogens with one attached hydrogen (secondary N) is 1. The summed E-state index contributed by atoms with van der Waals surface area (Å²) in [6.45, 7) is 0.884. The molecule has 198 valence electrons. The maximum absolute atomic E-state index is 13.4. The summed E-state index contributed by atoms with van der Waals surface area (Å²) in [6, 6.07) is 22.6. The number of hydrogen-bond acceptors (Lipinski definition) is 6. The number of amides is 3. The first-order chi connectivity index (χ1) is 18.8. The first kappa shape index (κ1) is 26.0. The van der Waals surface area contributed by atoms with Crippen molar-refractivity contribution in [1.82, 2.24) is 0 Å². The van der Waals surface area contributed by atoms with Crippen molar-refractivity contribution in [3.8, 4) is 0 Å². The van der Waals surface area contributed by atoms with Crippen molar-refractivity contribution in [2.24, 2.45) is 11.8 Å². The Balaban J connectivity index is 1.23. The van der Waals surface area contributed by atoms with E-state index in [0.29, 0.717) is 29.8 Å². The second-order valence-electron chi connectivity index (χ2n) is 9.96. The Labute approximate surface area is 226 Å². The minimum Gasteiger partial charge on any atom is -0.452 e. The Hall–Kier alpha value is -4.59. The average Bonchev–Trinajstić information content (AvgIpc) is 3.21. The molecule has 3 aromatic carbocycles. The van der Waals surface area contributed by atoms with Crippen molar-refractivity contribution < 1.29 is 28.7 Å². The zero-order valence-corrected chi connectivity index (χ0v) is 21.5. The van der Waals surface area contributed by atoms with E-state index in [-0.39, 0.29) is 35.0 Å². The molecule has 1 saturated carbocycles. The van der Waals surface area contributed by atoms with Crippen LogP contribution in [0.25, 0.3) is 0 Å². The summed E-state index contributed by atoms with van der Waals surface area (Å²) < 4.78 is 5.16. The number of anilines is 2. The van der Waals surface area contributed by atoms with E-state index in [1.807, 2.05) is 18.2 Å². The number of fused-ring (bicyclic) bond motifs is 1. The lowest BCUT2D eigenvalue weighted by molar-refractivity contribution is -0.122. The van der Waals surface area contributed by atoms with E-state index in [9.17, 15) is 24.0 Å². The highest BCUT2D eigenvalue weighted by molar-refractivity contribution is 6.22. The summed E-state index contributed by atoms with van der Waals surface area (Å²) in [5.74, 6) is -2.48. The lowest BCUT2D eigenvalue weighted by atomic mass is 9.73. The highest BCUT2D eigenvalue weighted by Gasteiger charge is 2.50. The molecule has 8 heteroatoms. The largest absolute Gasteiger partial charge is 0.452 e. The lowest BCUT2D eigenvalue weighted by Gasteiger charge is -2.28. The number of Topliss-reactive ketones (excluding diaryl/α,β-unsaturated/α-hetero) is 1. The fraction of sp³-hybridized carbons (Fsp3) is 0.258. The number of hydrogen-bond donors (Lipinski definition) is 1. The van der Waals surface area contributed by atoms with E-state index in [2.05, 4.69) is 17.4 Å². The maximum atomic E-state index is 13.4. The molecule has 1 aliphatic carbocycles. The third kappa shape index (κ3) is 5.50. The van der Waals surface area contributed by atoms with Gasteiger partial charge in [-0.05, 0) is 68.0 Å². The molecule has 1 aliphatic heterocycles. The van der Waals surface area contributed by atoms with Crippen LogP contribution in [0.15, 0.2) is 78.9 Å². The van der Waals surface area contributed by atoms with Gasteiger partial charge in [0.05, 0.1) is 23.1 Å². The number of carbonyl (C=O) groups excluding carboxylic acids is 5. The van der Waals surface area contributed by atoms with Crippen molar-refractivity contribution in [3.63, 3.8) is 0 Å². The van der Waals surface area contributed by atoms with Crippen LogP contribution in [0.3, 0.4) is 0 Å². The second kappa shape index (κ2) is 11.0. The van der Waals surface area contributed by atoms with Crippen molar-refractivity contribution >= 4 is 40.8 Å². The summed E-state index contributed by atoms with van der Waals surface area (Å²) in [5.41, 5.74) is 2.47. The molecule has 0 radical (unpaired) electrons. The van der Waals surface area contributed by atoms with Gasteiger partial charge >= 0.3 is 5.97 Å². The van der Waals surface area contributed by atoms with Gasteiger partial charge < -0.3 is 10.1 Å². The third-order valence-corrected chi connectivity index (χ3v) is 7.42. The fourth-order valence-corrected chi connectivity index (χ4v) is 5.46. The van der Waals surface area contributed by atoms with E-state index in [1.165, 1.54) is 35.6 Å². The molecular weight excluding hydrogens is 496 g/mol. The van der Waals surface area contributed by atoms with Gasteiger partial charge in [-0.1, -0.05) is 48.5 Å². The van der Waals surface area contributed by atoms with Crippen LogP contribution in [0.4, 0.5) is 11.4 Å². The van der Waals surface area contributed by atoms with Crippen LogP contribution in [-0.2, 0) is 19.1 Å². The topological polar surface area (TPSA) is 110 Å². The smallest absolute Gasteiger partial charge is 0.338 e. The monoisotopic (exact) mass is 524 g/mol. The Morgan fingerprint density at radius 1 is 0.846 bits per heavy atom. The Bertz CT molecular complexity index is 1450. The van der Waals surface area contributed by atoms with Gasteiger partial charge in [0.15, 0.2) is 12.4 Å². The van der Waals surface area contributed by atoms with Crippen LogP contribution >= 0.6 is 0 Å². The number of esters is 1. The van der Waals surface area contributed by atoms with Gasteiger partial charge in [0.2, 0.25) is 11.8 Å². The van der Waals surface area contributed by atoms with Gasteiger partial charge in [-0.15, -0.1) is 0 Å². The summed E-state index contributed by atoms with van der Waals surface area (Å²) in [6.07, 6.45) is 2.09. The molecule has 8 nitrogen and oxygen atoms in total.